The smallest absolute Gasteiger partial charge is 0.315 e. The van der Waals surface area contributed by atoms with Crippen molar-refractivity contribution in [3.8, 4) is 17.2 Å². The highest BCUT2D eigenvalue weighted by atomic mass is 16.3. The Hall–Kier alpha value is -5.30. The van der Waals surface area contributed by atoms with Crippen LogP contribution in [-0.4, -0.2) is 98.2 Å². The van der Waals surface area contributed by atoms with Crippen molar-refractivity contribution in [3.63, 3.8) is 0 Å². The molecule has 0 radical (unpaired) electrons. The van der Waals surface area contributed by atoms with Crippen molar-refractivity contribution in [3.05, 3.63) is 66.0 Å². The van der Waals surface area contributed by atoms with Crippen LogP contribution in [0.4, 0.5) is 16.6 Å². The molecule has 0 unspecified atom stereocenters. The maximum Gasteiger partial charge on any atom is 0.315 e. The monoisotopic (exact) mass is 693 g/mol. The van der Waals surface area contributed by atoms with Gasteiger partial charge < -0.3 is 46.3 Å². The van der Waals surface area contributed by atoms with Crippen LogP contribution in [0.3, 0.4) is 0 Å². The number of amides is 3. The fraction of sp³-hybridized carbons (Fsp3) is 0.444. The summed E-state index contributed by atoms with van der Waals surface area (Å²) in [7, 11) is 0. The second-order valence-corrected chi connectivity index (χ2v) is 13.5. The molecule has 7 rings (SSSR count). The van der Waals surface area contributed by atoms with Crippen LogP contribution in [0.25, 0.3) is 22.3 Å². The minimum atomic E-state index is -1.15. The van der Waals surface area contributed by atoms with Gasteiger partial charge in [0.1, 0.15) is 12.2 Å². The molecule has 6 atom stereocenters. The molecule has 15 nitrogen and oxygen atoms in total. The van der Waals surface area contributed by atoms with Crippen LogP contribution in [0.15, 0.2) is 54.9 Å². The number of anilines is 2. The number of nitrogens with one attached hydrogen (secondary N) is 5. The van der Waals surface area contributed by atoms with Gasteiger partial charge >= 0.3 is 6.03 Å². The predicted molar refractivity (Wildman–Crippen MR) is 191 cm³/mol. The van der Waals surface area contributed by atoms with Gasteiger partial charge in [0.2, 0.25) is 11.9 Å². The average molecular weight is 694 g/mol. The van der Waals surface area contributed by atoms with E-state index in [0.29, 0.717) is 61.0 Å². The Kier molecular flexibility index (Phi) is 9.98. The zero-order valence-electron chi connectivity index (χ0n) is 28.4. The summed E-state index contributed by atoms with van der Waals surface area (Å²) < 4.78 is 1.76. The van der Waals surface area contributed by atoms with Crippen LogP contribution in [-0.2, 0) is 11.3 Å². The lowest BCUT2D eigenvalue weighted by Gasteiger charge is -2.21. The van der Waals surface area contributed by atoms with Gasteiger partial charge in [-0.25, -0.2) is 9.78 Å². The largest absolute Gasteiger partial charge is 0.388 e. The summed E-state index contributed by atoms with van der Waals surface area (Å²) in [4.78, 5) is 41.4. The standard InChI is InChI=1S/C36H43N11O4/c1-2-29(48)43-27-15-28(32(50)31(27)49)47-20-40-30-33(39-17-21-7-9-22(10-8-21)26-6-4-3-5-23(26)16-37)44-35(45-34(30)47)46-14-12-25(19-46)42-36(51)41-24-11-13-38-18-24/h3-10,20,24-25,27-28,31-32,38,49-50H,2,11-15,17-19H2,1H3,(H,43,48)(H,39,44,45)(H2,41,42,51)/t24-,25-,27+,28-,31-,32+/m1/s1. The van der Waals surface area contributed by atoms with Gasteiger partial charge in [0.05, 0.1) is 30.0 Å². The number of nitrogens with zero attached hydrogens (tertiary/aromatic N) is 6. The lowest BCUT2D eigenvalue weighted by Crippen LogP contribution is -2.47. The summed E-state index contributed by atoms with van der Waals surface area (Å²) in [6, 6.07) is 16.3. The molecular weight excluding hydrogens is 650 g/mol. The quantitative estimate of drug-likeness (QED) is 0.128. The number of imidazole rings is 1. The Bertz CT molecular complexity index is 1920. The first-order valence-electron chi connectivity index (χ1n) is 17.6. The first kappa shape index (κ1) is 34.2. The van der Waals surface area contributed by atoms with Gasteiger partial charge in [0.15, 0.2) is 17.0 Å². The Morgan fingerprint density at radius 3 is 2.59 bits per heavy atom. The normalized spacial score (nSPS) is 24.4. The Labute approximate surface area is 295 Å². The maximum atomic E-state index is 12.7. The number of nitriles is 1. The van der Waals surface area contributed by atoms with Crippen LogP contribution in [0.1, 0.15) is 49.8 Å². The van der Waals surface area contributed by atoms with Gasteiger partial charge in [-0.3, -0.25) is 4.79 Å². The van der Waals surface area contributed by atoms with Crippen LogP contribution in [0.2, 0.25) is 0 Å². The molecule has 0 spiro atoms. The van der Waals surface area contributed by atoms with E-state index in [9.17, 15) is 25.1 Å². The van der Waals surface area contributed by atoms with Crippen LogP contribution in [0, 0.1) is 11.3 Å². The number of carbonyl (C=O) groups is 2. The number of fused-ring (bicyclic) bond motifs is 1. The Morgan fingerprint density at radius 1 is 1.02 bits per heavy atom. The third-order valence-electron chi connectivity index (χ3n) is 10.1. The van der Waals surface area contributed by atoms with Crippen molar-refractivity contribution in [2.24, 2.45) is 0 Å². The molecule has 3 amide bonds. The molecule has 1 saturated carbocycles. The zero-order chi connectivity index (χ0) is 35.5. The maximum absolute atomic E-state index is 12.7. The van der Waals surface area contributed by atoms with Gasteiger partial charge in [0, 0.05) is 44.7 Å². The van der Waals surface area contributed by atoms with Crippen LogP contribution in [0.5, 0.6) is 0 Å². The van der Waals surface area contributed by atoms with E-state index in [1.807, 2.05) is 47.4 Å². The average Bonchev–Trinajstić information content (AvgIpc) is 3.97. The SMILES string of the molecule is CCC(=O)N[C@H]1C[C@@H](n2cnc3c(NCc4ccc(-c5ccccc5C#N)cc4)nc(N4CC[C@@H](NC(=O)N[C@@H]5CCNC5)C4)nc32)[C@H](O)[C@@H]1O. The summed E-state index contributed by atoms with van der Waals surface area (Å²) >= 11 is 0. The topological polar surface area (TPSA) is 205 Å². The number of aliphatic hydroxyl groups excluding tert-OH is 2. The summed E-state index contributed by atoms with van der Waals surface area (Å²) in [5.74, 6) is 0.745. The number of aliphatic hydroxyl groups is 2. The van der Waals surface area contributed by atoms with Crippen molar-refractivity contribution in [2.45, 2.75) is 75.5 Å². The highest BCUT2D eigenvalue weighted by Gasteiger charge is 2.44. The number of aromatic nitrogens is 4. The number of benzene rings is 2. The van der Waals surface area contributed by atoms with E-state index in [1.54, 1.807) is 23.9 Å². The van der Waals surface area contributed by atoms with Gasteiger partial charge in [-0.2, -0.15) is 15.2 Å². The highest BCUT2D eigenvalue weighted by molar-refractivity contribution is 5.85. The molecule has 4 aromatic rings. The predicted octanol–water partition coefficient (Wildman–Crippen LogP) is 1.78. The van der Waals surface area contributed by atoms with Crippen molar-refractivity contribution >= 4 is 34.9 Å². The van der Waals surface area contributed by atoms with Crippen molar-refractivity contribution in [2.75, 3.05) is 36.4 Å². The highest BCUT2D eigenvalue weighted by Crippen LogP contribution is 2.35. The fourth-order valence-corrected chi connectivity index (χ4v) is 7.22. The molecule has 51 heavy (non-hydrogen) atoms. The van der Waals surface area contributed by atoms with Crippen LogP contribution >= 0.6 is 0 Å². The Morgan fingerprint density at radius 2 is 1.82 bits per heavy atom. The van der Waals surface area contributed by atoms with Crippen molar-refractivity contribution in [1.82, 2.24) is 40.8 Å². The summed E-state index contributed by atoms with van der Waals surface area (Å²) in [5.41, 5.74) is 4.39. The van der Waals surface area contributed by atoms with E-state index in [4.69, 9.17) is 9.97 Å². The molecule has 1 aliphatic carbocycles. The first-order chi connectivity index (χ1) is 24.8. The molecule has 0 bridgehead atoms. The second-order valence-electron chi connectivity index (χ2n) is 13.5. The lowest BCUT2D eigenvalue weighted by atomic mass is 9.99. The van der Waals surface area contributed by atoms with Crippen LogP contribution < -0.4 is 31.5 Å². The molecule has 266 valence electrons. The molecule has 3 aliphatic rings. The van der Waals surface area contributed by atoms with Crippen molar-refractivity contribution in [1.29, 1.82) is 5.26 Å². The van der Waals surface area contributed by atoms with E-state index in [1.165, 1.54) is 0 Å². The number of hydrogen-bond donors (Lipinski definition) is 7. The van der Waals surface area contributed by atoms with Gasteiger partial charge in [-0.1, -0.05) is 49.4 Å². The third-order valence-corrected chi connectivity index (χ3v) is 10.1. The van der Waals surface area contributed by atoms with Gasteiger partial charge in [0.25, 0.3) is 0 Å². The molecule has 2 aliphatic heterocycles. The molecular formula is C36H43N11O4. The number of rotatable bonds is 10. The lowest BCUT2D eigenvalue weighted by molar-refractivity contribution is -0.122. The van der Waals surface area contributed by atoms with E-state index >= 15 is 0 Å². The summed E-state index contributed by atoms with van der Waals surface area (Å²) in [5, 5.41) is 47.1. The van der Waals surface area contributed by atoms with Gasteiger partial charge in [-0.15, -0.1) is 0 Å². The number of urea groups is 1. The second kappa shape index (κ2) is 14.9. The van der Waals surface area contributed by atoms with E-state index in [0.717, 1.165) is 36.2 Å². The third kappa shape index (κ3) is 7.29. The number of hydrogen-bond acceptors (Lipinski definition) is 11. The minimum Gasteiger partial charge on any atom is -0.388 e. The van der Waals surface area contributed by atoms with Gasteiger partial charge in [-0.05, 0) is 48.6 Å². The van der Waals surface area contributed by atoms with Crippen molar-refractivity contribution < 1.29 is 19.8 Å². The van der Waals surface area contributed by atoms with E-state index < -0.39 is 24.3 Å². The summed E-state index contributed by atoms with van der Waals surface area (Å²) in [6.45, 7) is 4.95. The molecule has 15 heteroatoms. The summed E-state index contributed by atoms with van der Waals surface area (Å²) in [6.07, 6.45) is 1.47. The molecule has 2 aromatic carbocycles. The first-order valence-corrected chi connectivity index (χ1v) is 17.6. The number of carbonyl (C=O) groups excluding carboxylic acids is 2. The Balaban J connectivity index is 1.14. The zero-order valence-corrected chi connectivity index (χ0v) is 28.4. The minimum absolute atomic E-state index is 0.0978. The molecule has 3 fully saturated rings. The molecule has 4 heterocycles. The molecule has 2 aromatic heterocycles. The molecule has 7 N–H and O–H groups in total. The van der Waals surface area contributed by atoms with E-state index in [-0.39, 0.29) is 30.4 Å². The fourth-order valence-electron chi connectivity index (χ4n) is 7.22. The molecule has 2 saturated heterocycles. The van der Waals surface area contributed by atoms with E-state index in [2.05, 4.69) is 37.6 Å².